The minimum Gasteiger partial charge on any atom is -0.314 e. The number of anilines is 3. The van der Waals surface area contributed by atoms with E-state index in [1.54, 1.807) is 36.7 Å². The van der Waals surface area contributed by atoms with Crippen LogP contribution in [0.5, 0.6) is 0 Å². The summed E-state index contributed by atoms with van der Waals surface area (Å²) in [6, 6.07) is 15.1. The monoisotopic (exact) mass is 482 g/mol. The maximum absolute atomic E-state index is 13.5. The van der Waals surface area contributed by atoms with E-state index in [1.807, 2.05) is 24.0 Å². The van der Waals surface area contributed by atoms with Crippen LogP contribution in [-0.2, 0) is 0 Å². The number of rotatable bonds is 5. The van der Waals surface area contributed by atoms with E-state index < -0.39 is 0 Å². The molecule has 172 valence electrons. The van der Waals surface area contributed by atoms with Crippen LogP contribution in [-0.4, -0.2) is 32.6 Å². The quantitative estimate of drug-likeness (QED) is 0.283. The Morgan fingerprint density at radius 3 is 2.54 bits per heavy atom. The SMILES string of the molecule is CC[C@H]1C(=N)N(C=N)c2cnc(-c3cnsc3-c3ccc(F)cc3)nc2N1c1ccc(C#N)cc1. The van der Waals surface area contributed by atoms with Crippen molar-refractivity contribution < 1.29 is 4.39 Å². The highest BCUT2D eigenvalue weighted by atomic mass is 32.1. The van der Waals surface area contributed by atoms with Crippen LogP contribution < -0.4 is 9.80 Å². The maximum Gasteiger partial charge on any atom is 0.164 e. The standard InChI is InChI=1S/C25H19FN8S/c1-2-20-23(29)33(14-28)21-13-30-24(19-12-31-35-22(19)16-5-7-17(26)8-6-16)32-25(21)34(20)18-9-3-15(11-27)4-10-18/h3-10,12-14,20,28-29H,2H2,1H3/t20-/m0/s1. The van der Waals surface area contributed by atoms with Crippen LogP contribution in [0.3, 0.4) is 0 Å². The van der Waals surface area contributed by atoms with Gasteiger partial charge in [-0.25, -0.2) is 14.4 Å². The van der Waals surface area contributed by atoms with Crippen molar-refractivity contribution >= 4 is 40.9 Å². The molecule has 0 fully saturated rings. The molecular formula is C25H19FN8S. The summed E-state index contributed by atoms with van der Waals surface area (Å²) in [6.45, 7) is 1.97. The predicted octanol–water partition coefficient (Wildman–Crippen LogP) is 5.60. The first-order valence-electron chi connectivity index (χ1n) is 10.8. The second-order valence-corrected chi connectivity index (χ2v) is 8.62. The summed E-state index contributed by atoms with van der Waals surface area (Å²) in [5.74, 6) is 0.897. The van der Waals surface area contributed by atoms with E-state index in [-0.39, 0.29) is 17.7 Å². The van der Waals surface area contributed by atoms with Gasteiger partial charge in [-0.15, -0.1) is 0 Å². The number of hydrogen-bond donors (Lipinski definition) is 2. The average Bonchev–Trinajstić information content (AvgIpc) is 3.38. The Kier molecular flexibility index (Phi) is 5.76. The summed E-state index contributed by atoms with van der Waals surface area (Å²) in [5.41, 5.74) is 3.34. The van der Waals surface area contributed by atoms with Gasteiger partial charge in [0.05, 0.1) is 46.8 Å². The van der Waals surface area contributed by atoms with E-state index in [0.717, 1.165) is 22.5 Å². The van der Waals surface area contributed by atoms with Crippen molar-refractivity contribution in [3.63, 3.8) is 0 Å². The Morgan fingerprint density at radius 2 is 1.89 bits per heavy atom. The lowest BCUT2D eigenvalue weighted by Gasteiger charge is -2.41. The number of fused-ring (bicyclic) bond motifs is 1. The summed E-state index contributed by atoms with van der Waals surface area (Å²) in [4.78, 5) is 13.7. The summed E-state index contributed by atoms with van der Waals surface area (Å²) in [5, 5.41) is 25.9. The molecule has 0 radical (unpaired) electrons. The first kappa shape index (κ1) is 22.3. The number of benzene rings is 2. The van der Waals surface area contributed by atoms with E-state index in [1.165, 1.54) is 28.6 Å². The predicted molar refractivity (Wildman–Crippen MR) is 135 cm³/mol. The smallest absolute Gasteiger partial charge is 0.164 e. The molecule has 1 atom stereocenters. The molecule has 2 aromatic carbocycles. The van der Waals surface area contributed by atoms with Gasteiger partial charge in [-0.2, -0.15) is 9.64 Å². The van der Waals surface area contributed by atoms with Crippen molar-refractivity contribution in [2.75, 3.05) is 9.80 Å². The third-order valence-corrected chi connectivity index (χ3v) is 6.68. The zero-order chi connectivity index (χ0) is 24.5. The van der Waals surface area contributed by atoms with Crippen molar-refractivity contribution in [1.29, 1.82) is 16.1 Å². The molecule has 0 amide bonds. The fraction of sp³-hybridized carbons (Fsp3) is 0.120. The number of amidine groups is 1. The van der Waals surface area contributed by atoms with E-state index >= 15 is 0 Å². The highest BCUT2D eigenvalue weighted by Crippen LogP contribution is 2.42. The maximum atomic E-state index is 13.5. The minimum absolute atomic E-state index is 0.236. The molecule has 1 aliphatic rings. The van der Waals surface area contributed by atoms with Gasteiger partial charge in [-0.3, -0.25) is 15.7 Å². The third-order valence-electron chi connectivity index (χ3n) is 5.83. The van der Waals surface area contributed by atoms with Crippen LogP contribution in [0.4, 0.5) is 21.6 Å². The molecule has 4 aromatic rings. The Morgan fingerprint density at radius 1 is 1.14 bits per heavy atom. The Hall–Kier alpha value is -4.49. The summed E-state index contributed by atoms with van der Waals surface area (Å²) >= 11 is 1.28. The van der Waals surface area contributed by atoms with E-state index in [2.05, 4.69) is 15.4 Å². The number of halogens is 1. The topological polar surface area (TPSA) is 117 Å². The molecular weight excluding hydrogens is 463 g/mol. The molecule has 35 heavy (non-hydrogen) atoms. The second kappa shape index (κ2) is 9.04. The van der Waals surface area contributed by atoms with Crippen LogP contribution in [0.15, 0.2) is 60.9 Å². The lowest BCUT2D eigenvalue weighted by atomic mass is 10.0. The molecule has 0 saturated carbocycles. The van der Waals surface area contributed by atoms with Gasteiger partial charge in [0.1, 0.15) is 17.3 Å². The molecule has 8 nitrogen and oxygen atoms in total. The van der Waals surface area contributed by atoms with Gasteiger partial charge < -0.3 is 4.90 Å². The average molecular weight is 483 g/mol. The van der Waals surface area contributed by atoms with E-state index in [0.29, 0.717) is 34.9 Å². The van der Waals surface area contributed by atoms with Gasteiger partial charge in [0.2, 0.25) is 0 Å². The van der Waals surface area contributed by atoms with Crippen LogP contribution in [0.25, 0.3) is 21.8 Å². The molecule has 2 aromatic heterocycles. The zero-order valence-corrected chi connectivity index (χ0v) is 19.4. The number of nitriles is 1. The second-order valence-electron chi connectivity index (χ2n) is 7.82. The van der Waals surface area contributed by atoms with Gasteiger partial charge in [0.15, 0.2) is 11.6 Å². The molecule has 0 spiro atoms. The molecule has 2 N–H and O–H groups in total. The van der Waals surface area contributed by atoms with E-state index in [9.17, 15) is 9.65 Å². The number of aromatic nitrogens is 3. The normalized spacial score (nSPS) is 15.0. The highest BCUT2D eigenvalue weighted by Gasteiger charge is 2.37. The number of nitrogens with zero attached hydrogens (tertiary/aromatic N) is 6. The van der Waals surface area contributed by atoms with Crippen LogP contribution in [0.1, 0.15) is 18.9 Å². The molecule has 5 rings (SSSR count). The van der Waals surface area contributed by atoms with Gasteiger partial charge >= 0.3 is 0 Å². The summed E-state index contributed by atoms with van der Waals surface area (Å²) in [6.07, 6.45) is 4.99. The molecule has 0 unspecified atom stereocenters. The van der Waals surface area contributed by atoms with Crippen molar-refractivity contribution in [3.05, 3.63) is 72.3 Å². The first-order valence-corrected chi connectivity index (χ1v) is 11.6. The van der Waals surface area contributed by atoms with Gasteiger partial charge in [0.25, 0.3) is 0 Å². The fourth-order valence-electron chi connectivity index (χ4n) is 4.13. The van der Waals surface area contributed by atoms with Gasteiger partial charge in [0, 0.05) is 5.69 Å². The van der Waals surface area contributed by atoms with Crippen molar-refractivity contribution in [2.45, 2.75) is 19.4 Å². The van der Waals surface area contributed by atoms with Crippen molar-refractivity contribution in [1.82, 2.24) is 14.3 Å². The van der Waals surface area contributed by atoms with Gasteiger partial charge in [-0.1, -0.05) is 19.1 Å². The van der Waals surface area contributed by atoms with Crippen molar-refractivity contribution in [2.24, 2.45) is 0 Å². The number of hydrogen-bond acceptors (Lipinski definition) is 8. The molecule has 0 bridgehead atoms. The van der Waals surface area contributed by atoms with Gasteiger partial charge in [-0.05, 0) is 59.9 Å². The molecule has 0 saturated heterocycles. The summed E-state index contributed by atoms with van der Waals surface area (Å²) in [7, 11) is 0. The lowest BCUT2D eigenvalue weighted by Crippen LogP contribution is -2.51. The lowest BCUT2D eigenvalue weighted by molar-refractivity contribution is 0.628. The van der Waals surface area contributed by atoms with Crippen molar-refractivity contribution in [3.8, 4) is 27.9 Å². The largest absolute Gasteiger partial charge is 0.314 e. The Balaban J connectivity index is 1.68. The van der Waals surface area contributed by atoms with Crippen LogP contribution in [0, 0.1) is 28.0 Å². The van der Waals surface area contributed by atoms with Crippen LogP contribution >= 0.6 is 11.5 Å². The molecule has 0 aliphatic carbocycles. The highest BCUT2D eigenvalue weighted by molar-refractivity contribution is 7.10. The molecule has 3 heterocycles. The number of nitrogens with one attached hydrogen (secondary N) is 2. The van der Waals surface area contributed by atoms with Crippen LogP contribution in [0.2, 0.25) is 0 Å². The first-order chi connectivity index (χ1) is 17.0. The third kappa shape index (κ3) is 3.82. The van der Waals surface area contributed by atoms with E-state index in [4.69, 9.17) is 15.8 Å². The fourth-order valence-corrected chi connectivity index (χ4v) is 4.87. The zero-order valence-electron chi connectivity index (χ0n) is 18.6. The Bertz CT molecular complexity index is 1460. The Labute approximate surface area is 205 Å². The summed E-state index contributed by atoms with van der Waals surface area (Å²) < 4.78 is 17.8. The molecule has 1 aliphatic heterocycles. The molecule has 10 heteroatoms. The minimum atomic E-state index is -0.378.